The zero-order valence-electron chi connectivity index (χ0n) is 16.1. The fraction of sp³-hybridized carbons (Fsp3) is 0.611. The van der Waals surface area contributed by atoms with E-state index in [4.69, 9.17) is 4.74 Å². The highest BCUT2D eigenvalue weighted by Crippen LogP contribution is 2.29. The number of nitrogens with zero attached hydrogens (tertiary/aromatic N) is 2. The first-order valence-corrected chi connectivity index (χ1v) is 10.8. The molecule has 2 aliphatic heterocycles. The van der Waals surface area contributed by atoms with Crippen molar-refractivity contribution in [1.29, 1.82) is 0 Å². The zero-order valence-corrected chi connectivity index (χ0v) is 16.9. The third-order valence-electron chi connectivity index (χ3n) is 5.56. The molecular weight excluding hydrogens is 368 g/mol. The van der Waals surface area contributed by atoms with Crippen molar-refractivity contribution in [1.82, 2.24) is 14.5 Å². The van der Waals surface area contributed by atoms with Gasteiger partial charge in [-0.3, -0.25) is 4.90 Å². The van der Waals surface area contributed by atoms with Gasteiger partial charge in [0.05, 0.1) is 7.11 Å². The molecule has 0 aliphatic carbocycles. The summed E-state index contributed by atoms with van der Waals surface area (Å²) in [5, 5.41) is 2.87. The van der Waals surface area contributed by atoms with Gasteiger partial charge in [-0.25, -0.2) is 17.9 Å². The molecule has 2 aliphatic rings. The molecule has 150 valence electrons. The van der Waals surface area contributed by atoms with Crippen LogP contribution in [0.5, 0.6) is 5.75 Å². The van der Waals surface area contributed by atoms with Gasteiger partial charge in [-0.2, -0.15) is 0 Å². The van der Waals surface area contributed by atoms with Crippen LogP contribution in [0.2, 0.25) is 0 Å². The Balaban J connectivity index is 1.71. The largest absolute Gasteiger partial charge is 0.495 e. The summed E-state index contributed by atoms with van der Waals surface area (Å²) in [4.78, 5) is 17.1. The topological polar surface area (TPSA) is 91.0 Å². The molecule has 3 rings (SSSR count). The second-order valence-electron chi connectivity index (χ2n) is 7.04. The molecule has 0 saturated carbocycles. The highest BCUT2D eigenvalue weighted by molar-refractivity contribution is 7.89. The lowest BCUT2D eigenvalue weighted by Crippen LogP contribution is -2.45. The number of carbonyl (C=O) groups excluding carboxylic acids is 1. The highest BCUT2D eigenvalue weighted by atomic mass is 32.2. The molecule has 0 aromatic heterocycles. The van der Waals surface area contributed by atoms with Crippen LogP contribution in [0.4, 0.5) is 10.5 Å². The molecule has 2 saturated heterocycles. The number of ether oxygens (including phenoxy) is 1. The van der Waals surface area contributed by atoms with Crippen LogP contribution in [0, 0.1) is 0 Å². The van der Waals surface area contributed by atoms with E-state index in [0.29, 0.717) is 11.7 Å². The summed E-state index contributed by atoms with van der Waals surface area (Å²) in [7, 11) is -0.886. The fourth-order valence-corrected chi connectivity index (χ4v) is 4.92. The Bertz CT molecular complexity index is 793. The summed E-state index contributed by atoms with van der Waals surface area (Å²) >= 11 is 0. The first kappa shape index (κ1) is 19.9. The number of likely N-dealkylation sites (tertiary alicyclic amines) is 2. The van der Waals surface area contributed by atoms with Gasteiger partial charge in [0.15, 0.2) is 0 Å². The minimum atomic E-state index is -3.63. The van der Waals surface area contributed by atoms with E-state index < -0.39 is 10.0 Å². The Morgan fingerprint density at radius 3 is 2.56 bits per heavy atom. The number of nitrogens with one attached hydrogen (secondary N) is 2. The van der Waals surface area contributed by atoms with Crippen molar-refractivity contribution in [2.24, 2.45) is 0 Å². The van der Waals surface area contributed by atoms with E-state index in [1.165, 1.54) is 39.1 Å². The maximum Gasteiger partial charge on any atom is 0.322 e. The van der Waals surface area contributed by atoms with Crippen molar-refractivity contribution < 1.29 is 17.9 Å². The standard InChI is InChI=1S/C18H28N4O4S/c1-13-15(21-9-4-5-10-21)8-11-22(13)18(23)20-14-6-7-17(16(12-14)26-3)27(24,25)19-2/h6-7,12-13,15,19H,4-5,8-11H2,1-3H3,(H,20,23). The second kappa shape index (κ2) is 8.04. The molecule has 2 fully saturated rings. The summed E-state index contributed by atoms with van der Waals surface area (Å²) < 4.78 is 31.5. The molecule has 2 unspecified atom stereocenters. The molecule has 27 heavy (non-hydrogen) atoms. The van der Waals surface area contributed by atoms with Crippen LogP contribution < -0.4 is 14.8 Å². The van der Waals surface area contributed by atoms with Crippen molar-refractivity contribution >= 4 is 21.7 Å². The Morgan fingerprint density at radius 2 is 1.93 bits per heavy atom. The lowest BCUT2D eigenvalue weighted by Gasteiger charge is -2.30. The van der Waals surface area contributed by atoms with Crippen LogP contribution in [0.15, 0.2) is 23.1 Å². The molecular formula is C18H28N4O4S. The Hall–Kier alpha value is -1.84. The SMILES string of the molecule is CNS(=O)(=O)c1ccc(NC(=O)N2CCC(N3CCCC3)C2C)cc1OC. The number of hydrogen-bond acceptors (Lipinski definition) is 5. The van der Waals surface area contributed by atoms with E-state index in [-0.39, 0.29) is 22.7 Å². The smallest absolute Gasteiger partial charge is 0.322 e. The summed E-state index contributed by atoms with van der Waals surface area (Å²) in [6.45, 7) is 5.04. The average Bonchev–Trinajstić information content (AvgIpc) is 3.30. The van der Waals surface area contributed by atoms with Gasteiger partial charge in [0, 0.05) is 30.4 Å². The number of hydrogen-bond donors (Lipinski definition) is 2. The van der Waals surface area contributed by atoms with Gasteiger partial charge in [-0.05, 0) is 58.5 Å². The van der Waals surface area contributed by atoms with Crippen LogP contribution in [-0.4, -0.2) is 70.1 Å². The van der Waals surface area contributed by atoms with Crippen molar-refractivity contribution in [2.75, 3.05) is 39.1 Å². The van der Waals surface area contributed by atoms with E-state index in [2.05, 4.69) is 21.9 Å². The number of anilines is 1. The number of methoxy groups -OCH3 is 1. The summed E-state index contributed by atoms with van der Waals surface area (Å²) in [6.07, 6.45) is 3.45. The molecule has 1 aromatic carbocycles. The van der Waals surface area contributed by atoms with E-state index in [9.17, 15) is 13.2 Å². The first-order chi connectivity index (χ1) is 12.9. The molecule has 2 heterocycles. The second-order valence-corrected chi connectivity index (χ2v) is 8.89. The summed E-state index contributed by atoms with van der Waals surface area (Å²) in [5.74, 6) is 0.187. The normalized spacial score (nSPS) is 23.6. The summed E-state index contributed by atoms with van der Waals surface area (Å²) in [6, 6.07) is 4.92. The molecule has 2 N–H and O–H groups in total. The Kier molecular flexibility index (Phi) is 5.92. The first-order valence-electron chi connectivity index (χ1n) is 9.30. The predicted octanol–water partition coefficient (Wildman–Crippen LogP) is 1.69. The minimum Gasteiger partial charge on any atom is -0.495 e. The van der Waals surface area contributed by atoms with Gasteiger partial charge in [0.2, 0.25) is 10.0 Å². The number of sulfonamides is 1. The van der Waals surface area contributed by atoms with E-state index >= 15 is 0 Å². The maximum absolute atomic E-state index is 12.7. The maximum atomic E-state index is 12.7. The van der Waals surface area contributed by atoms with Gasteiger partial charge in [-0.1, -0.05) is 0 Å². The van der Waals surface area contributed by atoms with Crippen LogP contribution in [0.1, 0.15) is 26.2 Å². The molecule has 9 heteroatoms. The van der Waals surface area contributed by atoms with Crippen molar-refractivity contribution in [3.05, 3.63) is 18.2 Å². The lowest BCUT2D eigenvalue weighted by molar-refractivity contribution is 0.177. The van der Waals surface area contributed by atoms with Crippen molar-refractivity contribution in [2.45, 2.75) is 43.2 Å². The molecule has 2 atom stereocenters. The van der Waals surface area contributed by atoms with E-state index in [1.807, 2.05) is 4.90 Å². The van der Waals surface area contributed by atoms with E-state index in [0.717, 1.165) is 26.1 Å². The van der Waals surface area contributed by atoms with Crippen LogP contribution in [-0.2, 0) is 10.0 Å². The van der Waals surface area contributed by atoms with Crippen molar-refractivity contribution in [3.63, 3.8) is 0 Å². The lowest BCUT2D eigenvalue weighted by atomic mass is 10.1. The van der Waals surface area contributed by atoms with Gasteiger partial charge in [0.25, 0.3) is 0 Å². The average molecular weight is 397 g/mol. The minimum absolute atomic E-state index is 0.0362. The number of rotatable bonds is 5. The fourth-order valence-electron chi connectivity index (χ4n) is 4.04. The Morgan fingerprint density at radius 1 is 1.22 bits per heavy atom. The van der Waals surface area contributed by atoms with Gasteiger partial charge in [0.1, 0.15) is 10.6 Å². The number of carbonyl (C=O) groups is 1. The van der Waals surface area contributed by atoms with E-state index in [1.54, 1.807) is 6.07 Å². The van der Waals surface area contributed by atoms with Crippen molar-refractivity contribution in [3.8, 4) is 5.75 Å². The Labute approximate surface area is 160 Å². The van der Waals surface area contributed by atoms with Gasteiger partial charge < -0.3 is 15.0 Å². The van der Waals surface area contributed by atoms with Crippen LogP contribution in [0.25, 0.3) is 0 Å². The predicted molar refractivity (Wildman–Crippen MR) is 104 cm³/mol. The zero-order chi connectivity index (χ0) is 19.6. The molecule has 0 bridgehead atoms. The molecule has 1 aromatic rings. The van der Waals surface area contributed by atoms with Crippen LogP contribution >= 0.6 is 0 Å². The highest BCUT2D eigenvalue weighted by Gasteiger charge is 2.38. The molecule has 0 spiro atoms. The number of benzene rings is 1. The quantitative estimate of drug-likeness (QED) is 0.790. The third kappa shape index (κ3) is 4.04. The van der Waals surface area contributed by atoms with Crippen LogP contribution in [0.3, 0.4) is 0 Å². The summed E-state index contributed by atoms with van der Waals surface area (Å²) in [5.41, 5.74) is 0.503. The number of amides is 2. The van der Waals surface area contributed by atoms with Gasteiger partial charge in [-0.15, -0.1) is 0 Å². The van der Waals surface area contributed by atoms with Gasteiger partial charge >= 0.3 is 6.03 Å². The molecule has 2 amide bonds. The number of urea groups is 1. The molecule has 0 radical (unpaired) electrons. The molecule has 8 nitrogen and oxygen atoms in total. The monoisotopic (exact) mass is 396 g/mol. The third-order valence-corrected chi connectivity index (χ3v) is 7.01.